The number of hydrogen-bond acceptors (Lipinski definition) is 5. The van der Waals surface area contributed by atoms with Gasteiger partial charge in [-0.05, 0) is 31.9 Å². The van der Waals surface area contributed by atoms with Crippen LogP contribution in [-0.4, -0.2) is 32.1 Å². The number of hydrogen-bond donors (Lipinski definition) is 1. The average molecular weight is 353 g/mol. The van der Waals surface area contributed by atoms with E-state index in [4.69, 9.17) is 0 Å². The summed E-state index contributed by atoms with van der Waals surface area (Å²) in [5.41, 5.74) is 2.63. The van der Waals surface area contributed by atoms with Crippen molar-refractivity contribution in [1.29, 1.82) is 0 Å². The molecule has 1 N–H and O–H groups in total. The van der Waals surface area contributed by atoms with E-state index in [1.807, 2.05) is 30.3 Å². The first-order valence-corrected chi connectivity index (χ1v) is 8.25. The standard InChI is InChI=1S/C18H19N5O3/c1-12-18(23(25)26)13(2)22(21-12)11-16(24)19-10-8-15-6-3-5-14-7-4-9-20-17(14)15/h3-7,9H,8,10-11H2,1-2H3,(H,19,24). The topological polar surface area (TPSA) is 103 Å². The van der Waals surface area contributed by atoms with Crippen LogP contribution in [0.3, 0.4) is 0 Å². The van der Waals surface area contributed by atoms with E-state index in [1.54, 1.807) is 20.0 Å². The number of nitrogens with zero attached hydrogens (tertiary/aromatic N) is 4. The molecule has 0 aliphatic rings. The number of rotatable bonds is 6. The van der Waals surface area contributed by atoms with Crippen LogP contribution in [0.2, 0.25) is 0 Å². The molecule has 0 spiro atoms. The molecule has 1 amide bonds. The van der Waals surface area contributed by atoms with Crippen molar-refractivity contribution < 1.29 is 9.72 Å². The van der Waals surface area contributed by atoms with Gasteiger partial charge in [-0.1, -0.05) is 24.3 Å². The number of aryl methyl sites for hydroxylation is 1. The Kier molecular flexibility index (Phi) is 4.92. The molecule has 2 heterocycles. The van der Waals surface area contributed by atoms with Crippen LogP contribution < -0.4 is 5.32 Å². The summed E-state index contributed by atoms with van der Waals surface area (Å²) in [7, 11) is 0. The normalized spacial score (nSPS) is 10.8. The summed E-state index contributed by atoms with van der Waals surface area (Å²) in [5, 5.41) is 19.0. The SMILES string of the molecule is Cc1nn(CC(=O)NCCc2cccc3cccnc23)c(C)c1[N+](=O)[O-]. The molecular formula is C18H19N5O3. The van der Waals surface area contributed by atoms with Crippen molar-refractivity contribution in [3.05, 3.63) is 63.6 Å². The molecule has 2 aromatic heterocycles. The monoisotopic (exact) mass is 353 g/mol. The Morgan fingerprint density at radius 1 is 1.27 bits per heavy atom. The van der Waals surface area contributed by atoms with E-state index in [0.717, 1.165) is 16.5 Å². The zero-order valence-electron chi connectivity index (χ0n) is 14.6. The lowest BCUT2D eigenvalue weighted by atomic mass is 10.1. The van der Waals surface area contributed by atoms with Crippen molar-refractivity contribution in [1.82, 2.24) is 20.1 Å². The predicted molar refractivity (Wildman–Crippen MR) is 96.8 cm³/mol. The summed E-state index contributed by atoms with van der Waals surface area (Å²) in [6.45, 7) is 3.56. The molecule has 8 nitrogen and oxygen atoms in total. The second-order valence-electron chi connectivity index (χ2n) is 6.03. The van der Waals surface area contributed by atoms with Crippen LogP contribution in [0.4, 0.5) is 5.69 Å². The van der Waals surface area contributed by atoms with Gasteiger partial charge >= 0.3 is 5.69 Å². The molecule has 0 saturated heterocycles. The smallest absolute Gasteiger partial charge is 0.312 e. The Morgan fingerprint density at radius 2 is 2.04 bits per heavy atom. The highest BCUT2D eigenvalue weighted by Crippen LogP contribution is 2.21. The van der Waals surface area contributed by atoms with Crippen LogP contribution in [0, 0.1) is 24.0 Å². The number of fused-ring (bicyclic) bond motifs is 1. The number of nitrogens with one attached hydrogen (secondary N) is 1. The first-order chi connectivity index (χ1) is 12.5. The summed E-state index contributed by atoms with van der Waals surface area (Å²) in [4.78, 5) is 27.1. The lowest BCUT2D eigenvalue weighted by Gasteiger charge is -2.08. The average Bonchev–Trinajstić information content (AvgIpc) is 2.88. The Labute approximate surface area is 150 Å². The van der Waals surface area contributed by atoms with Gasteiger partial charge in [0.25, 0.3) is 0 Å². The molecule has 0 bridgehead atoms. The van der Waals surface area contributed by atoms with Gasteiger partial charge in [-0.25, -0.2) is 0 Å². The van der Waals surface area contributed by atoms with Gasteiger partial charge in [-0.3, -0.25) is 24.6 Å². The molecule has 0 aliphatic heterocycles. The lowest BCUT2D eigenvalue weighted by molar-refractivity contribution is -0.386. The fourth-order valence-electron chi connectivity index (χ4n) is 3.00. The minimum atomic E-state index is -0.473. The second-order valence-corrected chi connectivity index (χ2v) is 6.03. The van der Waals surface area contributed by atoms with Gasteiger partial charge in [0.05, 0.1) is 10.4 Å². The third kappa shape index (κ3) is 3.53. The van der Waals surface area contributed by atoms with E-state index < -0.39 is 4.92 Å². The molecule has 26 heavy (non-hydrogen) atoms. The molecule has 8 heteroatoms. The third-order valence-electron chi connectivity index (χ3n) is 4.25. The number of nitro groups is 1. The Hall–Kier alpha value is -3.29. The highest BCUT2D eigenvalue weighted by Gasteiger charge is 2.22. The number of carbonyl (C=O) groups excluding carboxylic acids is 1. The minimum absolute atomic E-state index is 0.0420. The maximum absolute atomic E-state index is 12.2. The maximum atomic E-state index is 12.2. The van der Waals surface area contributed by atoms with Crippen molar-refractivity contribution in [3.63, 3.8) is 0 Å². The van der Waals surface area contributed by atoms with Gasteiger partial charge in [0.2, 0.25) is 5.91 Å². The molecule has 3 aromatic rings. The van der Waals surface area contributed by atoms with E-state index in [0.29, 0.717) is 24.4 Å². The molecule has 0 aliphatic carbocycles. The van der Waals surface area contributed by atoms with E-state index in [1.165, 1.54) is 4.68 Å². The minimum Gasteiger partial charge on any atom is -0.354 e. The second kappa shape index (κ2) is 7.30. The number of carbonyl (C=O) groups is 1. The van der Waals surface area contributed by atoms with E-state index >= 15 is 0 Å². The van der Waals surface area contributed by atoms with Crippen LogP contribution >= 0.6 is 0 Å². The first kappa shape index (κ1) is 17.5. The molecule has 0 unspecified atom stereocenters. The van der Waals surface area contributed by atoms with E-state index in [9.17, 15) is 14.9 Å². The zero-order valence-corrected chi connectivity index (χ0v) is 14.6. The molecule has 3 rings (SSSR count). The van der Waals surface area contributed by atoms with Gasteiger partial charge in [0, 0.05) is 18.1 Å². The number of aromatic nitrogens is 3. The number of pyridine rings is 1. The largest absolute Gasteiger partial charge is 0.354 e. The van der Waals surface area contributed by atoms with Crippen molar-refractivity contribution in [2.45, 2.75) is 26.8 Å². The molecule has 0 atom stereocenters. The van der Waals surface area contributed by atoms with Crippen LogP contribution in [0.25, 0.3) is 10.9 Å². The Bertz CT molecular complexity index is 975. The van der Waals surface area contributed by atoms with Crippen LogP contribution in [0.5, 0.6) is 0 Å². The van der Waals surface area contributed by atoms with Gasteiger partial charge in [-0.15, -0.1) is 0 Å². The first-order valence-electron chi connectivity index (χ1n) is 8.25. The number of benzene rings is 1. The Balaban J connectivity index is 1.61. The summed E-state index contributed by atoms with van der Waals surface area (Å²) in [6, 6.07) is 9.85. The summed E-state index contributed by atoms with van der Waals surface area (Å²) in [5.74, 6) is -0.237. The molecular weight excluding hydrogens is 334 g/mol. The van der Waals surface area contributed by atoms with Gasteiger partial charge in [0.1, 0.15) is 17.9 Å². The fourth-order valence-corrected chi connectivity index (χ4v) is 3.00. The third-order valence-corrected chi connectivity index (χ3v) is 4.25. The van der Waals surface area contributed by atoms with Gasteiger partial charge in [-0.2, -0.15) is 5.10 Å². The fraction of sp³-hybridized carbons (Fsp3) is 0.278. The van der Waals surface area contributed by atoms with Crippen LogP contribution in [-0.2, 0) is 17.8 Å². The Morgan fingerprint density at radius 3 is 2.77 bits per heavy atom. The van der Waals surface area contributed by atoms with Gasteiger partial charge < -0.3 is 5.32 Å². The highest BCUT2D eigenvalue weighted by molar-refractivity contribution is 5.81. The summed E-state index contributed by atoms with van der Waals surface area (Å²) >= 11 is 0. The van der Waals surface area contributed by atoms with Gasteiger partial charge in [0.15, 0.2) is 0 Å². The molecule has 1 aromatic carbocycles. The summed E-state index contributed by atoms with van der Waals surface area (Å²) < 4.78 is 1.36. The zero-order chi connectivity index (χ0) is 18.7. The van der Waals surface area contributed by atoms with Crippen LogP contribution in [0.15, 0.2) is 36.5 Å². The van der Waals surface area contributed by atoms with Crippen LogP contribution in [0.1, 0.15) is 17.0 Å². The highest BCUT2D eigenvalue weighted by atomic mass is 16.6. The van der Waals surface area contributed by atoms with Crippen molar-refractivity contribution in [2.24, 2.45) is 0 Å². The predicted octanol–water partition coefficient (Wildman–Crippen LogP) is 2.32. The van der Waals surface area contributed by atoms with E-state index in [2.05, 4.69) is 15.4 Å². The number of amides is 1. The molecule has 0 fully saturated rings. The van der Waals surface area contributed by atoms with Crippen molar-refractivity contribution in [2.75, 3.05) is 6.54 Å². The number of para-hydroxylation sites is 1. The quantitative estimate of drug-likeness (QED) is 0.541. The van der Waals surface area contributed by atoms with Crippen molar-refractivity contribution >= 4 is 22.5 Å². The molecule has 0 saturated carbocycles. The maximum Gasteiger partial charge on any atom is 0.312 e. The lowest BCUT2D eigenvalue weighted by Crippen LogP contribution is -2.30. The van der Waals surface area contributed by atoms with E-state index in [-0.39, 0.29) is 18.1 Å². The molecule has 0 radical (unpaired) electrons. The summed E-state index contributed by atoms with van der Waals surface area (Å²) in [6.07, 6.45) is 2.40. The molecule has 134 valence electrons. The van der Waals surface area contributed by atoms with Crippen molar-refractivity contribution in [3.8, 4) is 0 Å².